The largest absolute Gasteiger partial charge is 0.464 e. The van der Waals surface area contributed by atoms with Gasteiger partial charge in [0.1, 0.15) is 12.5 Å². The van der Waals surface area contributed by atoms with E-state index in [0.717, 1.165) is 31.6 Å². The van der Waals surface area contributed by atoms with E-state index in [0.29, 0.717) is 6.04 Å². The quantitative estimate of drug-likeness (QED) is 0.840. The Bertz CT molecular complexity index is 659. The van der Waals surface area contributed by atoms with Crippen molar-refractivity contribution in [3.8, 4) is 0 Å². The van der Waals surface area contributed by atoms with E-state index in [-0.39, 0.29) is 0 Å². The third kappa shape index (κ3) is 2.43. The van der Waals surface area contributed by atoms with Crippen molar-refractivity contribution in [1.82, 2.24) is 4.90 Å². The van der Waals surface area contributed by atoms with Gasteiger partial charge in [-0.1, -0.05) is 36.4 Å². The van der Waals surface area contributed by atoms with Gasteiger partial charge in [-0.2, -0.15) is 0 Å². The minimum atomic E-state index is 0.386. The maximum Gasteiger partial charge on any atom is 0.235 e. The number of rotatable bonds is 3. The predicted octanol–water partition coefficient (Wildman–Crippen LogP) is 4.01. The molecule has 22 heavy (non-hydrogen) atoms. The SMILES string of the molecule is C1=CCCC(N(C2=COC=CO2)C2Cc3ccccc3C2)=C1. The van der Waals surface area contributed by atoms with Gasteiger partial charge in [-0.05, 0) is 42.9 Å². The molecule has 0 fully saturated rings. The number of allylic oxidation sites excluding steroid dienone is 4. The molecule has 0 saturated carbocycles. The third-order valence-corrected chi connectivity index (χ3v) is 4.43. The first kappa shape index (κ1) is 13.3. The van der Waals surface area contributed by atoms with Crippen molar-refractivity contribution in [2.24, 2.45) is 0 Å². The van der Waals surface area contributed by atoms with Crippen molar-refractivity contribution < 1.29 is 9.47 Å². The molecule has 0 N–H and O–H groups in total. The molecule has 1 aliphatic heterocycles. The number of ether oxygens (including phenoxy) is 2. The Balaban J connectivity index is 1.65. The fourth-order valence-electron chi connectivity index (χ4n) is 3.43. The van der Waals surface area contributed by atoms with Crippen molar-refractivity contribution >= 4 is 0 Å². The highest BCUT2D eigenvalue weighted by Crippen LogP contribution is 2.33. The van der Waals surface area contributed by atoms with Crippen LogP contribution >= 0.6 is 0 Å². The second-order valence-corrected chi connectivity index (χ2v) is 5.81. The summed E-state index contributed by atoms with van der Waals surface area (Å²) in [5, 5.41) is 0. The lowest BCUT2D eigenvalue weighted by atomic mass is 10.1. The van der Waals surface area contributed by atoms with Crippen LogP contribution in [0.2, 0.25) is 0 Å². The van der Waals surface area contributed by atoms with E-state index in [9.17, 15) is 0 Å². The van der Waals surface area contributed by atoms with Crippen LogP contribution < -0.4 is 0 Å². The lowest BCUT2D eigenvalue weighted by molar-refractivity contribution is 0.136. The van der Waals surface area contributed by atoms with Gasteiger partial charge in [-0.25, -0.2) is 0 Å². The van der Waals surface area contributed by atoms with Crippen molar-refractivity contribution in [1.29, 1.82) is 0 Å². The van der Waals surface area contributed by atoms with Crippen molar-refractivity contribution in [2.45, 2.75) is 31.7 Å². The van der Waals surface area contributed by atoms with Crippen LogP contribution in [0.1, 0.15) is 24.0 Å². The Morgan fingerprint density at radius 1 is 1.05 bits per heavy atom. The molecule has 0 unspecified atom stereocenters. The van der Waals surface area contributed by atoms with Gasteiger partial charge in [0.2, 0.25) is 5.88 Å². The maximum absolute atomic E-state index is 5.72. The van der Waals surface area contributed by atoms with E-state index < -0.39 is 0 Å². The lowest BCUT2D eigenvalue weighted by Gasteiger charge is -2.34. The van der Waals surface area contributed by atoms with Gasteiger partial charge in [0.25, 0.3) is 0 Å². The van der Waals surface area contributed by atoms with Gasteiger partial charge in [0.05, 0.1) is 0 Å². The zero-order valence-corrected chi connectivity index (χ0v) is 12.4. The highest BCUT2D eigenvalue weighted by molar-refractivity contribution is 5.35. The second kappa shape index (κ2) is 5.76. The monoisotopic (exact) mass is 293 g/mol. The zero-order chi connectivity index (χ0) is 14.8. The first-order chi connectivity index (χ1) is 10.9. The summed E-state index contributed by atoms with van der Waals surface area (Å²) in [5.41, 5.74) is 4.18. The van der Waals surface area contributed by atoms with Crippen LogP contribution in [0, 0.1) is 0 Å². The van der Waals surface area contributed by atoms with E-state index in [1.807, 2.05) is 0 Å². The average molecular weight is 293 g/mol. The molecule has 1 aromatic carbocycles. The number of fused-ring (bicyclic) bond motifs is 1. The minimum Gasteiger partial charge on any atom is -0.464 e. The normalized spacial score (nSPS) is 19.8. The molecular weight excluding hydrogens is 274 g/mol. The fourth-order valence-corrected chi connectivity index (χ4v) is 3.43. The van der Waals surface area contributed by atoms with Crippen LogP contribution in [0.5, 0.6) is 0 Å². The summed E-state index contributed by atoms with van der Waals surface area (Å²) < 4.78 is 11.1. The molecule has 3 heteroatoms. The summed E-state index contributed by atoms with van der Waals surface area (Å²) in [6.07, 6.45) is 15.6. The van der Waals surface area contributed by atoms with Gasteiger partial charge in [0, 0.05) is 11.7 Å². The molecule has 1 aromatic rings. The van der Waals surface area contributed by atoms with Gasteiger partial charge in [-0.3, -0.25) is 0 Å². The maximum atomic E-state index is 5.72. The summed E-state index contributed by atoms with van der Waals surface area (Å²) >= 11 is 0. The standard InChI is InChI=1S/C19H19NO2/c1-2-8-17(9-3-1)20(19-14-21-10-11-22-19)18-12-15-6-4-5-7-16(15)13-18/h1-2,4-8,10-11,14,18H,3,9,12-13H2. The zero-order valence-electron chi connectivity index (χ0n) is 12.4. The van der Waals surface area contributed by atoms with Crippen LogP contribution in [0.15, 0.2) is 72.9 Å². The van der Waals surface area contributed by atoms with Crippen LogP contribution in [0.25, 0.3) is 0 Å². The molecule has 4 rings (SSSR count). The Hall–Kier alpha value is -2.42. The average Bonchev–Trinajstić information content (AvgIpc) is 3.00. The summed E-state index contributed by atoms with van der Waals surface area (Å²) in [5.74, 6) is 0.779. The number of hydrogen-bond acceptors (Lipinski definition) is 3. The molecule has 3 aliphatic rings. The molecule has 0 radical (unpaired) electrons. The summed E-state index contributed by atoms with van der Waals surface area (Å²) in [6.45, 7) is 0. The predicted molar refractivity (Wildman–Crippen MR) is 85.3 cm³/mol. The first-order valence-electron chi connectivity index (χ1n) is 7.81. The van der Waals surface area contributed by atoms with Crippen molar-refractivity contribution in [3.05, 3.63) is 84.0 Å². The van der Waals surface area contributed by atoms with E-state index in [1.165, 1.54) is 16.8 Å². The molecule has 0 bridgehead atoms. The highest BCUT2D eigenvalue weighted by Gasteiger charge is 2.31. The molecule has 112 valence electrons. The van der Waals surface area contributed by atoms with E-state index in [2.05, 4.69) is 47.4 Å². The molecule has 3 nitrogen and oxygen atoms in total. The molecule has 0 aromatic heterocycles. The van der Waals surface area contributed by atoms with Crippen molar-refractivity contribution in [2.75, 3.05) is 0 Å². The second-order valence-electron chi connectivity index (χ2n) is 5.81. The van der Waals surface area contributed by atoms with E-state index >= 15 is 0 Å². The topological polar surface area (TPSA) is 21.7 Å². The minimum absolute atomic E-state index is 0.386. The lowest BCUT2D eigenvalue weighted by Crippen LogP contribution is -2.36. The number of hydrogen-bond donors (Lipinski definition) is 0. The molecule has 1 heterocycles. The Morgan fingerprint density at radius 3 is 2.50 bits per heavy atom. The Labute approximate surface area is 130 Å². The van der Waals surface area contributed by atoms with Crippen LogP contribution in [-0.2, 0) is 22.3 Å². The molecule has 0 spiro atoms. The van der Waals surface area contributed by atoms with Gasteiger partial charge in [-0.15, -0.1) is 0 Å². The Kier molecular flexibility index (Phi) is 3.47. The molecule has 0 saturated heterocycles. The smallest absolute Gasteiger partial charge is 0.235 e. The fraction of sp³-hybridized carbons (Fsp3) is 0.263. The van der Waals surface area contributed by atoms with Crippen LogP contribution in [0.3, 0.4) is 0 Å². The summed E-state index contributed by atoms with van der Waals surface area (Å²) in [7, 11) is 0. The first-order valence-corrected chi connectivity index (χ1v) is 7.81. The summed E-state index contributed by atoms with van der Waals surface area (Å²) in [6, 6.07) is 9.09. The highest BCUT2D eigenvalue weighted by atomic mass is 16.5. The van der Waals surface area contributed by atoms with E-state index in [4.69, 9.17) is 9.47 Å². The Morgan fingerprint density at radius 2 is 1.86 bits per heavy atom. The van der Waals surface area contributed by atoms with Gasteiger partial charge in [0.15, 0.2) is 6.26 Å². The molecular formula is C19H19NO2. The molecule has 0 atom stereocenters. The van der Waals surface area contributed by atoms with E-state index in [1.54, 1.807) is 18.8 Å². The summed E-state index contributed by atoms with van der Waals surface area (Å²) in [4.78, 5) is 2.31. The van der Waals surface area contributed by atoms with Crippen molar-refractivity contribution in [3.63, 3.8) is 0 Å². The van der Waals surface area contributed by atoms with Gasteiger partial charge < -0.3 is 14.4 Å². The van der Waals surface area contributed by atoms with Gasteiger partial charge >= 0.3 is 0 Å². The van der Waals surface area contributed by atoms with Crippen LogP contribution in [0.4, 0.5) is 0 Å². The van der Waals surface area contributed by atoms with Crippen LogP contribution in [-0.4, -0.2) is 10.9 Å². The molecule has 2 aliphatic carbocycles. The molecule has 0 amide bonds. The number of nitrogens with zero attached hydrogens (tertiary/aromatic N) is 1. The number of benzene rings is 1. The third-order valence-electron chi connectivity index (χ3n) is 4.43.